The summed E-state index contributed by atoms with van der Waals surface area (Å²) in [6, 6.07) is 9.59. The van der Waals surface area contributed by atoms with Crippen molar-refractivity contribution in [2.24, 2.45) is 0 Å². The molecule has 1 heterocycles. The molecule has 0 aromatic heterocycles. The Bertz CT molecular complexity index is 1190. The van der Waals surface area contributed by atoms with Gasteiger partial charge in [-0.25, -0.2) is 4.79 Å². The third-order valence-corrected chi connectivity index (χ3v) is 6.09. The summed E-state index contributed by atoms with van der Waals surface area (Å²) in [6.45, 7) is 2.89. The van der Waals surface area contributed by atoms with Gasteiger partial charge < -0.3 is 18.9 Å². The van der Waals surface area contributed by atoms with Crippen LogP contribution in [-0.4, -0.2) is 54.9 Å². The molecule has 1 saturated heterocycles. The van der Waals surface area contributed by atoms with E-state index in [1.807, 2.05) is 0 Å². The first-order chi connectivity index (χ1) is 16.6. The standard InChI is InChI=1S/C24H22BrNO8S/c1-13(2)33-20(27)12-26-22(28)19(35-24(26)30)11-14-9-17(25)21(18(10-14)32-4)34-23(29)15-5-7-16(31-3)8-6-15/h5-11,13H,12H2,1-4H3/b19-11-. The second kappa shape index (κ2) is 11.4. The zero-order valence-electron chi connectivity index (χ0n) is 19.3. The van der Waals surface area contributed by atoms with Gasteiger partial charge in [0.05, 0.1) is 35.3 Å². The molecule has 0 saturated carbocycles. The number of methoxy groups -OCH3 is 2. The van der Waals surface area contributed by atoms with Gasteiger partial charge in [-0.15, -0.1) is 0 Å². The van der Waals surface area contributed by atoms with E-state index in [-0.39, 0.29) is 22.5 Å². The van der Waals surface area contributed by atoms with Crippen LogP contribution in [0.25, 0.3) is 6.08 Å². The SMILES string of the molecule is COc1ccc(C(=O)Oc2c(Br)cc(/C=C3\SC(=O)N(CC(=O)OC(C)C)C3=O)cc2OC)cc1. The minimum Gasteiger partial charge on any atom is -0.497 e. The van der Waals surface area contributed by atoms with E-state index in [9.17, 15) is 19.2 Å². The summed E-state index contributed by atoms with van der Waals surface area (Å²) in [5.74, 6) is -0.899. The van der Waals surface area contributed by atoms with Crippen LogP contribution in [0.2, 0.25) is 0 Å². The largest absolute Gasteiger partial charge is 0.497 e. The summed E-state index contributed by atoms with van der Waals surface area (Å²) < 4.78 is 21.4. The average Bonchev–Trinajstić information content (AvgIpc) is 3.07. The van der Waals surface area contributed by atoms with Crippen molar-refractivity contribution in [1.29, 1.82) is 0 Å². The number of imide groups is 1. The molecule has 0 unspecified atom stereocenters. The molecule has 1 aliphatic rings. The maximum absolute atomic E-state index is 12.7. The zero-order chi connectivity index (χ0) is 25.7. The van der Waals surface area contributed by atoms with Crippen molar-refractivity contribution >= 4 is 56.9 Å². The van der Waals surface area contributed by atoms with Crippen LogP contribution in [0, 0.1) is 0 Å². The van der Waals surface area contributed by atoms with E-state index in [2.05, 4.69) is 15.9 Å². The van der Waals surface area contributed by atoms with Crippen molar-refractivity contribution in [3.8, 4) is 17.2 Å². The second-order valence-electron chi connectivity index (χ2n) is 7.46. The third kappa shape index (κ3) is 6.43. The zero-order valence-corrected chi connectivity index (χ0v) is 21.7. The molecule has 0 aliphatic carbocycles. The first-order valence-electron chi connectivity index (χ1n) is 10.3. The highest BCUT2D eigenvalue weighted by atomic mass is 79.9. The van der Waals surface area contributed by atoms with E-state index in [4.69, 9.17) is 18.9 Å². The summed E-state index contributed by atoms with van der Waals surface area (Å²) >= 11 is 4.08. The highest BCUT2D eigenvalue weighted by Gasteiger charge is 2.37. The van der Waals surface area contributed by atoms with Crippen molar-refractivity contribution in [3.05, 3.63) is 56.9 Å². The third-order valence-electron chi connectivity index (χ3n) is 4.60. The Morgan fingerprint density at radius 3 is 2.37 bits per heavy atom. The molecule has 0 radical (unpaired) electrons. The molecule has 1 fully saturated rings. The maximum Gasteiger partial charge on any atom is 0.343 e. The molecule has 0 atom stereocenters. The minimum absolute atomic E-state index is 0.129. The van der Waals surface area contributed by atoms with E-state index in [0.717, 1.165) is 4.90 Å². The van der Waals surface area contributed by atoms with Gasteiger partial charge in [0.2, 0.25) is 0 Å². The fraction of sp³-hybridized carbons (Fsp3) is 0.250. The lowest BCUT2D eigenvalue weighted by Gasteiger charge is -2.13. The van der Waals surface area contributed by atoms with Gasteiger partial charge in [-0.3, -0.25) is 19.3 Å². The topological polar surface area (TPSA) is 108 Å². The van der Waals surface area contributed by atoms with Crippen molar-refractivity contribution < 1.29 is 38.1 Å². The molecule has 3 rings (SSSR count). The number of amides is 2. The molecule has 0 bridgehead atoms. The lowest BCUT2D eigenvalue weighted by molar-refractivity contribution is -0.149. The van der Waals surface area contributed by atoms with Gasteiger partial charge in [-0.1, -0.05) is 0 Å². The number of carbonyl (C=O) groups is 4. The Balaban J connectivity index is 1.80. The highest BCUT2D eigenvalue weighted by molar-refractivity contribution is 9.10. The van der Waals surface area contributed by atoms with E-state index < -0.39 is 29.6 Å². The summed E-state index contributed by atoms with van der Waals surface area (Å²) in [7, 11) is 2.93. The van der Waals surface area contributed by atoms with Crippen molar-refractivity contribution in [2.45, 2.75) is 20.0 Å². The molecule has 184 valence electrons. The molecular formula is C24H22BrNO8S. The van der Waals surface area contributed by atoms with Gasteiger partial charge >= 0.3 is 11.9 Å². The lowest BCUT2D eigenvalue weighted by atomic mass is 10.1. The Labute approximate surface area is 214 Å². The molecule has 0 spiro atoms. The first kappa shape index (κ1) is 26.3. The van der Waals surface area contributed by atoms with Crippen LogP contribution in [0.5, 0.6) is 17.2 Å². The fourth-order valence-corrected chi connectivity index (χ4v) is 4.40. The van der Waals surface area contributed by atoms with Gasteiger partial charge in [-0.05, 0) is 89.6 Å². The average molecular weight is 564 g/mol. The summed E-state index contributed by atoms with van der Waals surface area (Å²) in [5.41, 5.74) is 0.821. The molecule has 35 heavy (non-hydrogen) atoms. The smallest absolute Gasteiger partial charge is 0.343 e. The van der Waals surface area contributed by atoms with Crippen LogP contribution in [0.4, 0.5) is 4.79 Å². The van der Waals surface area contributed by atoms with Gasteiger partial charge in [0.15, 0.2) is 11.5 Å². The molecule has 11 heteroatoms. The molecule has 2 aromatic carbocycles. The number of hydrogen-bond acceptors (Lipinski definition) is 9. The molecule has 2 amide bonds. The number of nitrogens with zero attached hydrogens (tertiary/aromatic N) is 1. The highest BCUT2D eigenvalue weighted by Crippen LogP contribution is 2.39. The maximum atomic E-state index is 12.7. The predicted molar refractivity (Wildman–Crippen MR) is 133 cm³/mol. The molecule has 1 aliphatic heterocycles. The Kier molecular flexibility index (Phi) is 8.57. The van der Waals surface area contributed by atoms with Gasteiger partial charge in [-0.2, -0.15) is 0 Å². The van der Waals surface area contributed by atoms with Crippen molar-refractivity contribution in [2.75, 3.05) is 20.8 Å². The van der Waals surface area contributed by atoms with Crippen molar-refractivity contribution in [1.82, 2.24) is 4.90 Å². The molecule has 9 nitrogen and oxygen atoms in total. The number of benzene rings is 2. The van der Waals surface area contributed by atoms with Crippen LogP contribution < -0.4 is 14.2 Å². The van der Waals surface area contributed by atoms with Gasteiger partial charge in [0, 0.05) is 0 Å². The number of carbonyl (C=O) groups excluding carboxylic acids is 4. The quantitative estimate of drug-likeness (QED) is 0.257. The number of thioether (sulfide) groups is 1. The number of esters is 2. The van der Waals surface area contributed by atoms with Crippen LogP contribution in [0.3, 0.4) is 0 Å². The Morgan fingerprint density at radius 1 is 1.09 bits per heavy atom. The van der Waals surface area contributed by atoms with Crippen LogP contribution in [0.1, 0.15) is 29.8 Å². The predicted octanol–water partition coefficient (Wildman–Crippen LogP) is 4.67. The second-order valence-corrected chi connectivity index (χ2v) is 9.31. The first-order valence-corrected chi connectivity index (χ1v) is 11.9. The monoisotopic (exact) mass is 563 g/mol. The molecule has 2 aromatic rings. The van der Waals surface area contributed by atoms with Gasteiger partial charge in [0.1, 0.15) is 12.3 Å². The Hall–Kier alpha value is -3.31. The van der Waals surface area contributed by atoms with E-state index >= 15 is 0 Å². The van der Waals surface area contributed by atoms with Crippen LogP contribution in [-0.2, 0) is 14.3 Å². The van der Waals surface area contributed by atoms with Gasteiger partial charge in [0.25, 0.3) is 11.1 Å². The van der Waals surface area contributed by atoms with Crippen LogP contribution >= 0.6 is 27.7 Å². The molecular weight excluding hydrogens is 542 g/mol. The van der Waals surface area contributed by atoms with Crippen LogP contribution in [0.15, 0.2) is 45.8 Å². The number of rotatable bonds is 8. The van der Waals surface area contributed by atoms with E-state index in [1.165, 1.54) is 20.3 Å². The Morgan fingerprint density at radius 2 is 1.77 bits per heavy atom. The van der Waals surface area contributed by atoms with E-state index in [0.29, 0.717) is 33.1 Å². The van der Waals surface area contributed by atoms with Crippen molar-refractivity contribution in [3.63, 3.8) is 0 Å². The minimum atomic E-state index is -0.670. The molecule has 0 N–H and O–H groups in total. The lowest BCUT2D eigenvalue weighted by Crippen LogP contribution is -2.35. The number of ether oxygens (including phenoxy) is 4. The normalized spacial score (nSPS) is 14.5. The summed E-state index contributed by atoms with van der Waals surface area (Å²) in [4.78, 5) is 50.4. The fourth-order valence-electron chi connectivity index (χ4n) is 3.02. The number of halogens is 1. The van der Waals surface area contributed by atoms with E-state index in [1.54, 1.807) is 50.2 Å². The number of hydrogen-bond donors (Lipinski definition) is 0. The summed E-state index contributed by atoms with van der Waals surface area (Å²) in [5, 5.41) is -0.571. The summed E-state index contributed by atoms with van der Waals surface area (Å²) in [6.07, 6.45) is 1.13.